The fraction of sp³-hybridized carbons (Fsp3) is 0.324. The number of aryl methyl sites for hydroxylation is 1. The number of aromatic nitrogens is 8. The highest BCUT2D eigenvalue weighted by Gasteiger charge is 2.47. The molecule has 3 aromatic heterocycles. The third kappa shape index (κ3) is 7.98. The number of rotatable bonds is 12. The lowest BCUT2D eigenvalue weighted by Crippen LogP contribution is -2.40. The van der Waals surface area contributed by atoms with Crippen molar-refractivity contribution in [3.05, 3.63) is 108 Å². The molecule has 296 valence electrons. The van der Waals surface area contributed by atoms with Crippen molar-refractivity contribution in [3.63, 3.8) is 0 Å². The number of hydrogen-bond acceptors (Lipinski definition) is 14. The molecule has 7 N–H and O–H groups in total. The second-order valence-corrected chi connectivity index (χ2v) is 15.4. The van der Waals surface area contributed by atoms with Gasteiger partial charge in [0.25, 0.3) is 0 Å². The van der Waals surface area contributed by atoms with Crippen LogP contribution in [0, 0.1) is 0 Å². The minimum Gasteiger partial charge on any atom is -0.387 e. The topological polar surface area (TPSA) is 253 Å². The first kappa shape index (κ1) is 37.8. The van der Waals surface area contributed by atoms with E-state index in [0.29, 0.717) is 61.2 Å². The molecule has 2 aliphatic rings. The van der Waals surface area contributed by atoms with E-state index in [1.54, 1.807) is 4.57 Å². The molecule has 19 nitrogen and oxygen atoms in total. The Hall–Kier alpha value is -6.06. The summed E-state index contributed by atoms with van der Waals surface area (Å²) in [6, 6.07) is 25.1. The van der Waals surface area contributed by atoms with E-state index >= 15 is 0 Å². The van der Waals surface area contributed by atoms with Gasteiger partial charge in [0.15, 0.2) is 29.3 Å². The van der Waals surface area contributed by atoms with E-state index < -0.39 is 40.6 Å². The van der Waals surface area contributed by atoms with Crippen LogP contribution in [0.2, 0.25) is 0 Å². The van der Waals surface area contributed by atoms with Crippen molar-refractivity contribution < 1.29 is 28.2 Å². The normalized spacial score (nSPS) is 21.0. The number of benzene rings is 3. The Kier molecular flexibility index (Phi) is 10.5. The van der Waals surface area contributed by atoms with Crippen LogP contribution in [0.1, 0.15) is 48.5 Å². The number of nitrogens with zero attached hydrogens (tertiary/aromatic N) is 9. The molecule has 2 amide bonds. The van der Waals surface area contributed by atoms with Gasteiger partial charge in [0, 0.05) is 37.3 Å². The summed E-state index contributed by atoms with van der Waals surface area (Å²) < 4.78 is 31.0. The van der Waals surface area contributed by atoms with Crippen LogP contribution in [0.15, 0.2) is 96.2 Å². The number of amides is 2. The predicted octanol–water partition coefficient (Wildman–Crippen LogP) is 2.12. The Morgan fingerprint density at radius 3 is 2.33 bits per heavy atom. The summed E-state index contributed by atoms with van der Waals surface area (Å²) in [5, 5.41) is 49.0. The number of aliphatic hydroxyl groups is 2. The molecule has 2 aliphatic heterocycles. The van der Waals surface area contributed by atoms with Gasteiger partial charge >= 0.3 is 6.03 Å². The van der Waals surface area contributed by atoms with E-state index in [2.05, 4.69) is 60.6 Å². The number of carbonyl (C=O) groups is 1. The van der Waals surface area contributed by atoms with Crippen molar-refractivity contribution in [2.45, 2.75) is 61.3 Å². The maximum atomic E-state index is 13.0. The summed E-state index contributed by atoms with van der Waals surface area (Å²) in [5.74, 6) is 0.890. The molecule has 5 atom stereocenters. The molecule has 8 rings (SSSR count). The van der Waals surface area contributed by atoms with Crippen molar-refractivity contribution in [2.24, 2.45) is 5.14 Å². The lowest BCUT2D eigenvalue weighted by molar-refractivity contribution is -0.0384. The van der Waals surface area contributed by atoms with Crippen LogP contribution in [0.25, 0.3) is 11.2 Å². The van der Waals surface area contributed by atoms with Gasteiger partial charge in [-0.05, 0) is 54.0 Å². The molecule has 3 aromatic carbocycles. The van der Waals surface area contributed by atoms with Gasteiger partial charge < -0.3 is 35.8 Å². The summed E-state index contributed by atoms with van der Waals surface area (Å²) >= 11 is 0. The molecule has 0 spiro atoms. The molecule has 0 saturated carbocycles. The Balaban J connectivity index is 1.07. The number of nitrogens with two attached hydrogens (primary N) is 1. The molecule has 57 heavy (non-hydrogen) atoms. The van der Waals surface area contributed by atoms with Crippen LogP contribution in [0.4, 0.5) is 22.2 Å². The standard InChI is InChI=1S/C37H41N13O6S/c1-2-50-46-33(45-47-50)31-29(51)30(52)35(56-31)49-21-40-28-32(39-19-27(22-9-5-3-6-10-22)23-11-7-4-8-12-23)43-36(44-34(28)49)48-18-17-25(20-48)42-37(53)41-24-13-15-26(16-14-24)57(38,54)55/h3-16,21,25,27,29-31,35,51-52H,2,17-20H2,1H3,(H2,38,54,55)(H,39,43,44)(H2,41,42,53)/t25?,29-,30+,31-,35+/m0/s1. The van der Waals surface area contributed by atoms with E-state index in [1.165, 1.54) is 35.4 Å². The van der Waals surface area contributed by atoms with Crippen LogP contribution in [-0.4, -0.2) is 102 Å². The summed E-state index contributed by atoms with van der Waals surface area (Å²) in [5.41, 5.74) is 3.37. The highest BCUT2D eigenvalue weighted by atomic mass is 32.2. The van der Waals surface area contributed by atoms with Crippen molar-refractivity contribution in [2.75, 3.05) is 35.2 Å². The van der Waals surface area contributed by atoms with E-state index in [0.717, 1.165) is 11.1 Å². The van der Waals surface area contributed by atoms with Gasteiger partial charge in [0.1, 0.15) is 12.2 Å². The molecule has 0 aliphatic carbocycles. The number of anilines is 3. The monoisotopic (exact) mass is 795 g/mol. The molecule has 2 fully saturated rings. The highest BCUT2D eigenvalue weighted by molar-refractivity contribution is 7.89. The van der Waals surface area contributed by atoms with Crippen molar-refractivity contribution in [1.82, 2.24) is 45.0 Å². The van der Waals surface area contributed by atoms with Crippen molar-refractivity contribution >= 4 is 44.7 Å². The molecule has 5 heterocycles. The third-order valence-corrected chi connectivity index (χ3v) is 11.0. The van der Waals surface area contributed by atoms with Crippen LogP contribution < -0.4 is 26.0 Å². The summed E-state index contributed by atoms with van der Waals surface area (Å²) in [4.78, 5) is 30.7. The first-order chi connectivity index (χ1) is 27.6. The number of imidazole rings is 1. The molecule has 0 radical (unpaired) electrons. The number of sulfonamides is 1. The van der Waals surface area contributed by atoms with Gasteiger partial charge in [0.05, 0.1) is 17.8 Å². The quantitative estimate of drug-likeness (QED) is 0.104. The second kappa shape index (κ2) is 15.8. The van der Waals surface area contributed by atoms with Crippen molar-refractivity contribution in [1.29, 1.82) is 0 Å². The number of primary sulfonamides is 1. The predicted molar refractivity (Wildman–Crippen MR) is 207 cm³/mol. The lowest BCUT2D eigenvalue weighted by atomic mass is 9.91. The average Bonchev–Trinajstić information content (AvgIpc) is 4.03. The average molecular weight is 796 g/mol. The van der Waals surface area contributed by atoms with Gasteiger partial charge in [0.2, 0.25) is 21.8 Å². The number of fused-ring (bicyclic) bond motifs is 1. The molecule has 6 aromatic rings. The number of carbonyl (C=O) groups excluding carboxylic acids is 1. The molecular weight excluding hydrogens is 755 g/mol. The zero-order chi connectivity index (χ0) is 39.7. The SMILES string of the molecule is CCn1nnc([C@H]2O[C@@H](n3cnc4c(NCC(c5ccccc5)c5ccccc5)nc(N5CCC(NC(=O)Nc6ccc(S(N)(=O)=O)cc6)C5)nc43)[C@H](O)[C@@H]2O)n1. The Morgan fingerprint density at radius 1 is 0.982 bits per heavy atom. The molecule has 2 saturated heterocycles. The van der Waals surface area contributed by atoms with Gasteiger partial charge in [-0.1, -0.05) is 60.7 Å². The highest BCUT2D eigenvalue weighted by Crippen LogP contribution is 2.39. The van der Waals surface area contributed by atoms with Crippen LogP contribution in [-0.2, 0) is 21.3 Å². The van der Waals surface area contributed by atoms with Gasteiger partial charge in [-0.25, -0.2) is 23.3 Å². The van der Waals surface area contributed by atoms with Gasteiger partial charge in [-0.15, -0.1) is 10.2 Å². The Labute approximate surface area is 327 Å². The minimum atomic E-state index is -3.87. The zero-order valence-corrected chi connectivity index (χ0v) is 31.5. The molecule has 20 heteroatoms. The summed E-state index contributed by atoms with van der Waals surface area (Å²) in [6.45, 7) is 3.65. The fourth-order valence-corrected chi connectivity index (χ4v) is 7.62. The first-order valence-electron chi connectivity index (χ1n) is 18.4. The zero-order valence-electron chi connectivity index (χ0n) is 30.7. The summed E-state index contributed by atoms with van der Waals surface area (Å²) in [6.07, 6.45) is -2.82. The van der Waals surface area contributed by atoms with E-state index in [4.69, 9.17) is 19.8 Å². The molecule has 1 unspecified atom stereocenters. The maximum Gasteiger partial charge on any atom is 0.319 e. The number of hydrogen-bond donors (Lipinski definition) is 6. The van der Waals surface area contributed by atoms with E-state index in [9.17, 15) is 23.4 Å². The number of aliphatic hydroxyl groups excluding tert-OH is 2. The van der Waals surface area contributed by atoms with E-state index in [1.807, 2.05) is 48.2 Å². The summed E-state index contributed by atoms with van der Waals surface area (Å²) in [7, 11) is -3.87. The fourth-order valence-electron chi connectivity index (χ4n) is 7.10. The molecule has 0 bridgehead atoms. The number of nitrogens with one attached hydrogen (secondary N) is 3. The number of tetrazole rings is 1. The minimum absolute atomic E-state index is 0.0438. The van der Waals surface area contributed by atoms with Gasteiger partial charge in [-0.2, -0.15) is 14.8 Å². The Morgan fingerprint density at radius 2 is 1.68 bits per heavy atom. The van der Waals surface area contributed by atoms with Crippen molar-refractivity contribution in [3.8, 4) is 0 Å². The first-order valence-corrected chi connectivity index (χ1v) is 19.9. The largest absolute Gasteiger partial charge is 0.387 e. The third-order valence-electron chi connectivity index (χ3n) is 10.1. The Bertz CT molecular complexity index is 2410. The van der Waals surface area contributed by atoms with E-state index in [-0.39, 0.29) is 22.7 Å². The lowest BCUT2D eigenvalue weighted by Gasteiger charge is -2.22. The smallest absolute Gasteiger partial charge is 0.319 e. The number of urea groups is 1. The van der Waals surface area contributed by atoms with Crippen LogP contribution in [0.5, 0.6) is 0 Å². The second-order valence-electron chi connectivity index (χ2n) is 13.8. The maximum absolute atomic E-state index is 13.0. The van der Waals surface area contributed by atoms with Crippen LogP contribution in [0.3, 0.4) is 0 Å². The van der Waals surface area contributed by atoms with Crippen LogP contribution >= 0.6 is 0 Å². The molecular formula is C37H41N13O6S. The number of ether oxygens (including phenoxy) is 1. The van der Waals surface area contributed by atoms with Gasteiger partial charge in [-0.3, -0.25) is 4.57 Å².